The highest BCUT2D eigenvalue weighted by Crippen LogP contribution is 2.73. The lowest BCUT2D eigenvalue weighted by molar-refractivity contribution is 0.799. The molecule has 1 atom stereocenters. The van der Waals surface area contributed by atoms with Crippen LogP contribution in [0.25, 0.3) is 0 Å². The fourth-order valence-electron chi connectivity index (χ4n) is 0.599. The van der Waals surface area contributed by atoms with Crippen LogP contribution < -0.4 is 0 Å². The first kappa shape index (κ1) is 24.0. The first-order chi connectivity index (χ1) is 6.69. The zero-order valence-electron chi connectivity index (χ0n) is 6.66. The summed E-state index contributed by atoms with van der Waals surface area (Å²) in [7, 11) is 0. The Morgan fingerprint density at radius 3 is 0.938 bits per heavy atom. The molecule has 0 saturated heterocycles. The molecule has 0 aliphatic heterocycles. The van der Waals surface area contributed by atoms with Gasteiger partial charge in [0, 0.05) is 0 Å². The van der Waals surface area contributed by atoms with Gasteiger partial charge in [0.25, 0.3) is 0 Å². The molecule has 0 aromatic carbocycles. The topological polar surface area (TPSA) is 0 Å². The fourth-order valence-corrected chi connectivity index (χ4v) is 17.0. The van der Waals surface area contributed by atoms with Crippen LogP contribution in [-0.2, 0) is 0 Å². The third kappa shape index (κ3) is 5.79. The maximum atomic E-state index is 2.64. The molecule has 0 saturated carbocycles. The second-order valence-electron chi connectivity index (χ2n) is 2.49. The maximum absolute atomic E-state index is 2.64. The largest absolute Gasteiger partial charge is 0.149 e. The molecule has 0 amide bonds. The van der Waals surface area contributed by atoms with Gasteiger partial charge in [-0.2, -0.15) is 0 Å². The highest BCUT2D eigenvalue weighted by Gasteiger charge is 2.67. The van der Waals surface area contributed by atoms with Gasteiger partial charge in [-0.1, -0.05) is 248 Å². The SMILES string of the molecule is I[C](I)C(I)(C(I)(I)I)C(I)(I)C(I)(I)I. The van der Waals surface area contributed by atoms with Crippen LogP contribution >= 0.6 is 248 Å². The molecule has 0 fully saturated rings. The van der Waals surface area contributed by atoms with E-state index in [4.69, 9.17) is 0 Å². The van der Waals surface area contributed by atoms with Crippen LogP contribution in [0, 0.1) is 1.93 Å². The monoisotopic (exact) mass is 1460 g/mol. The Bertz CT molecular complexity index is 246. The number of hydrogen-bond donors (Lipinski definition) is 0. The lowest BCUT2D eigenvalue weighted by Gasteiger charge is -2.49. The summed E-state index contributed by atoms with van der Waals surface area (Å²) in [6.45, 7) is 0. The van der Waals surface area contributed by atoms with Crippen LogP contribution in [0.4, 0.5) is 0 Å². The predicted molar refractivity (Wildman–Crippen MR) is 168 cm³/mol. The maximum Gasteiger partial charge on any atom is 0.149 e. The second kappa shape index (κ2) is 9.11. The van der Waals surface area contributed by atoms with Gasteiger partial charge in [-0.15, -0.1) is 0 Å². The Labute approximate surface area is 246 Å². The second-order valence-corrected chi connectivity index (χ2v) is 35.7. The summed E-state index contributed by atoms with van der Waals surface area (Å²) >= 11 is 28.1. The Morgan fingerprint density at radius 1 is 0.562 bits per heavy atom. The van der Waals surface area contributed by atoms with Crippen LogP contribution in [-0.4, -0.2) is 3.72 Å². The number of rotatable bonds is 4. The van der Waals surface area contributed by atoms with Crippen molar-refractivity contribution in [3.63, 3.8) is 0 Å². The van der Waals surface area contributed by atoms with Crippen molar-refractivity contribution in [3.05, 3.63) is 1.93 Å². The quantitative estimate of drug-likeness (QED) is 0.195. The van der Waals surface area contributed by atoms with Crippen molar-refractivity contribution < 1.29 is 0 Å². The normalized spacial score (nSPS) is 18.8. The molecular formula is C5I11. The molecule has 1 radical (unpaired) electrons. The molecule has 97 valence electrons. The van der Waals surface area contributed by atoms with Gasteiger partial charge in [-0.25, -0.2) is 0 Å². The Hall–Kier alpha value is 8.03. The molecule has 0 aromatic heterocycles. The molecule has 0 rings (SSSR count). The van der Waals surface area contributed by atoms with Crippen molar-refractivity contribution in [1.82, 2.24) is 0 Å². The average molecular weight is 1460 g/mol. The van der Waals surface area contributed by atoms with Gasteiger partial charge >= 0.3 is 0 Å². The van der Waals surface area contributed by atoms with E-state index in [9.17, 15) is 0 Å². The Morgan fingerprint density at radius 2 is 0.875 bits per heavy atom. The zero-order valence-corrected chi connectivity index (χ0v) is 30.4. The molecular weight excluding hydrogens is 1460 g/mol. The summed E-state index contributed by atoms with van der Waals surface area (Å²) in [5.41, 5.74) is 0. The first-order valence-corrected chi connectivity index (χ1v) is 14.9. The molecule has 0 heterocycles. The third-order valence-corrected chi connectivity index (χ3v) is 26.7. The Balaban J connectivity index is 5.75. The summed E-state index contributed by atoms with van der Waals surface area (Å²) in [6, 6.07) is 0. The van der Waals surface area contributed by atoms with Crippen LogP contribution in [0.1, 0.15) is 0 Å². The highest BCUT2D eigenvalue weighted by molar-refractivity contribution is 14.3. The minimum atomic E-state index is 0.0885. The molecule has 0 nitrogen and oxygen atoms in total. The molecule has 0 N–H and O–H groups in total. The molecule has 0 aromatic rings. The number of alkyl halides is 9. The minimum Gasteiger partial charge on any atom is -0.0708 e. The fraction of sp³-hybridized carbons (Fsp3) is 0.800. The summed E-state index contributed by atoms with van der Waals surface area (Å²) in [5.74, 6) is 0. The lowest BCUT2D eigenvalue weighted by atomic mass is 10.1. The smallest absolute Gasteiger partial charge is 0.0708 e. The van der Waals surface area contributed by atoms with E-state index in [1.807, 2.05) is 0 Å². The van der Waals surface area contributed by atoms with E-state index in [1.54, 1.807) is 0 Å². The molecule has 11 heteroatoms. The van der Waals surface area contributed by atoms with Crippen LogP contribution in [0.2, 0.25) is 0 Å². The average Bonchev–Trinajstić information content (AvgIpc) is 1.97. The molecule has 0 bridgehead atoms. The van der Waals surface area contributed by atoms with Crippen molar-refractivity contribution in [2.75, 3.05) is 0 Å². The van der Waals surface area contributed by atoms with Gasteiger partial charge in [0.05, 0.1) is 0 Å². The molecule has 0 aliphatic rings. The first-order valence-electron chi connectivity index (χ1n) is 3.08. The van der Waals surface area contributed by atoms with Gasteiger partial charge in [-0.05, 0) is 0 Å². The van der Waals surface area contributed by atoms with Crippen molar-refractivity contribution in [2.24, 2.45) is 0 Å². The molecule has 1 unspecified atom stereocenters. The zero-order chi connectivity index (χ0) is 13.6. The van der Waals surface area contributed by atoms with Crippen molar-refractivity contribution in [2.45, 2.75) is 3.72 Å². The van der Waals surface area contributed by atoms with E-state index >= 15 is 0 Å². The molecule has 0 aliphatic carbocycles. The van der Waals surface area contributed by atoms with E-state index in [0.29, 0.717) is 0 Å². The van der Waals surface area contributed by atoms with Crippen LogP contribution in [0.15, 0.2) is 0 Å². The van der Waals surface area contributed by atoms with Crippen molar-refractivity contribution in [3.8, 4) is 0 Å². The van der Waals surface area contributed by atoms with E-state index < -0.39 is 0 Å². The predicted octanol–water partition coefficient (Wildman–Crippen LogP) is 9.00. The number of hydrogen-bond acceptors (Lipinski definition) is 0. The summed E-state index contributed by atoms with van der Waals surface area (Å²) in [5, 5.41) is 0. The van der Waals surface area contributed by atoms with Crippen molar-refractivity contribution >= 4 is 248 Å². The van der Waals surface area contributed by atoms with Gasteiger partial charge in [-0.3, -0.25) is 0 Å². The standard InChI is InChI=1S/C5I11/c6-1(7)2(8,4(11,12)13)3(9,10)5(14,15)16. The van der Waals surface area contributed by atoms with Crippen LogP contribution in [0.5, 0.6) is 0 Å². The summed E-state index contributed by atoms with van der Waals surface area (Å²) in [6.07, 6.45) is 0. The molecule has 16 heavy (non-hydrogen) atoms. The third-order valence-electron chi connectivity index (χ3n) is 1.44. The van der Waals surface area contributed by atoms with E-state index in [1.165, 1.54) is 1.93 Å². The van der Waals surface area contributed by atoms with E-state index in [2.05, 4.69) is 248 Å². The molecule has 0 spiro atoms. The van der Waals surface area contributed by atoms with Crippen LogP contribution in [0.3, 0.4) is 0 Å². The van der Waals surface area contributed by atoms with E-state index in [0.717, 1.165) is 0 Å². The van der Waals surface area contributed by atoms with Gasteiger partial charge in [0.2, 0.25) is 0 Å². The van der Waals surface area contributed by atoms with Gasteiger partial charge < -0.3 is 0 Å². The number of halogens is 11. The van der Waals surface area contributed by atoms with Gasteiger partial charge in [0.1, 0.15) is 5.65 Å². The summed E-state index contributed by atoms with van der Waals surface area (Å²) in [4.78, 5) is 0. The lowest BCUT2D eigenvalue weighted by Crippen LogP contribution is -2.56. The van der Waals surface area contributed by atoms with Gasteiger partial charge in [0.15, 0.2) is 0 Å². The minimum absolute atomic E-state index is 0.0885. The van der Waals surface area contributed by atoms with Crippen molar-refractivity contribution in [1.29, 1.82) is 0 Å². The summed E-state index contributed by atoms with van der Waals surface area (Å²) < 4.78 is 1.90. The Kier molecular flexibility index (Phi) is 13.7. The van der Waals surface area contributed by atoms with E-state index in [-0.39, 0.29) is 3.72 Å². The highest BCUT2D eigenvalue weighted by atomic mass is 127.